The van der Waals surface area contributed by atoms with E-state index in [-0.39, 0.29) is 11.8 Å². The van der Waals surface area contributed by atoms with E-state index in [1.807, 2.05) is 18.3 Å². The van der Waals surface area contributed by atoms with Crippen molar-refractivity contribution in [3.05, 3.63) is 64.9 Å². The summed E-state index contributed by atoms with van der Waals surface area (Å²) in [5.41, 5.74) is 3.38. The minimum Gasteiger partial charge on any atom is -0.493 e. The van der Waals surface area contributed by atoms with E-state index in [2.05, 4.69) is 38.7 Å². The lowest BCUT2D eigenvalue weighted by molar-refractivity contribution is -0.118. The van der Waals surface area contributed by atoms with Crippen LogP contribution in [0.15, 0.2) is 48.8 Å². The molecule has 6 rings (SSSR count). The number of anilines is 1. The fourth-order valence-electron chi connectivity index (χ4n) is 5.26. The van der Waals surface area contributed by atoms with Gasteiger partial charge in [-0.3, -0.25) is 14.7 Å². The van der Waals surface area contributed by atoms with E-state index in [0.29, 0.717) is 23.5 Å². The summed E-state index contributed by atoms with van der Waals surface area (Å²) in [6, 6.07) is 11.9. The maximum absolute atomic E-state index is 13.2. The van der Waals surface area contributed by atoms with Gasteiger partial charge in [0.2, 0.25) is 5.91 Å². The zero-order chi connectivity index (χ0) is 21.7. The average Bonchev–Trinajstić information content (AvgIpc) is 2.74. The van der Waals surface area contributed by atoms with Crippen molar-refractivity contribution in [1.29, 1.82) is 0 Å². The predicted molar refractivity (Wildman–Crippen MR) is 125 cm³/mol. The third kappa shape index (κ3) is 3.52. The number of halogens is 1. The Bertz CT molecular complexity index is 1200. The van der Waals surface area contributed by atoms with Crippen molar-refractivity contribution in [3.63, 3.8) is 0 Å². The summed E-state index contributed by atoms with van der Waals surface area (Å²) in [7, 11) is 0. The molecule has 2 N–H and O–H groups in total. The molecule has 1 unspecified atom stereocenters. The van der Waals surface area contributed by atoms with Crippen molar-refractivity contribution >= 4 is 34.0 Å². The van der Waals surface area contributed by atoms with Gasteiger partial charge in [-0.15, -0.1) is 0 Å². The number of hydrogen-bond acceptors (Lipinski definition) is 5. The number of pyridine rings is 1. The predicted octanol–water partition coefficient (Wildman–Crippen LogP) is 3.80. The zero-order valence-electron chi connectivity index (χ0n) is 17.7. The van der Waals surface area contributed by atoms with E-state index < -0.39 is 0 Å². The van der Waals surface area contributed by atoms with Crippen molar-refractivity contribution in [3.8, 4) is 5.75 Å². The van der Waals surface area contributed by atoms with Gasteiger partial charge in [-0.05, 0) is 36.2 Å². The molecular weight excluding hydrogens is 424 g/mol. The van der Waals surface area contributed by atoms with E-state index >= 15 is 0 Å². The molecule has 3 aliphatic rings. The number of ether oxygens (including phenoxy) is 1. The molecule has 6 nitrogen and oxygen atoms in total. The second-order valence-corrected chi connectivity index (χ2v) is 9.79. The van der Waals surface area contributed by atoms with E-state index in [9.17, 15) is 4.79 Å². The quantitative estimate of drug-likeness (QED) is 0.635. The number of amides is 1. The monoisotopic (exact) mass is 448 g/mol. The molecule has 0 radical (unpaired) electrons. The second kappa shape index (κ2) is 7.73. The molecule has 0 saturated carbocycles. The molecule has 3 aliphatic heterocycles. The van der Waals surface area contributed by atoms with Gasteiger partial charge in [0.05, 0.1) is 24.4 Å². The molecule has 2 fully saturated rings. The van der Waals surface area contributed by atoms with E-state index in [0.717, 1.165) is 47.4 Å². The summed E-state index contributed by atoms with van der Waals surface area (Å²) in [5, 5.41) is 9.13. The number of likely N-dealkylation sites (tertiary alicyclic amines) is 1. The first-order chi connectivity index (χ1) is 15.6. The lowest BCUT2D eigenvalue weighted by Crippen LogP contribution is -2.70. The number of rotatable bonds is 4. The molecule has 0 bridgehead atoms. The van der Waals surface area contributed by atoms with Crippen molar-refractivity contribution in [2.75, 3.05) is 38.1 Å². The Labute approximate surface area is 191 Å². The molecule has 4 heterocycles. The van der Waals surface area contributed by atoms with Gasteiger partial charge in [0.25, 0.3) is 0 Å². The highest BCUT2D eigenvalue weighted by molar-refractivity contribution is 6.30. The summed E-state index contributed by atoms with van der Waals surface area (Å²) in [6.45, 7) is 6.10. The minimum absolute atomic E-state index is 0.0600. The molecular formula is C25H25ClN4O2. The van der Waals surface area contributed by atoms with Crippen LogP contribution >= 0.6 is 11.6 Å². The third-order valence-electron chi connectivity index (χ3n) is 6.93. The van der Waals surface area contributed by atoms with Gasteiger partial charge in [-0.2, -0.15) is 0 Å². The highest BCUT2D eigenvalue weighted by Gasteiger charge is 2.47. The largest absolute Gasteiger partial charge is 0.493 e. The first kappa shape index (κ1) is 20.0. The molecule has 1 atom stereocenters. The Morgan fingerprint density at radius 2 is 2.09 bits per heavy atom. The normalized spacial score (nSPS) is 21.3. The SMILES string of the molecule is O=C(Nc1cncc2cc(CN3CC4(CNC4)C3)ccc12)C1CCOc2ccc(Cl)cc21. The Hall–Kier alpha value is -2.67. The Kier molecular flexibility index (Phi) is 4.82. The number of benzene rings is 2. The van der Waals surface area contributed by atoms with Crippen molar-refractivity contribution in [2.24, 2.45) is 5.41 Å². The van der Waals surface area contributed by atoms with Crippen molar-refractivity contribution in [2.45, 2.75) is 18.9 Å². The first-order valence-electron chi connectivity index (χ1n) is 11.1. The summed E-state index contributed by atoms with van der Waals surface area (Å²) in [5.74, 6) is 0.369. The molecule has 32 heavy (non-hydrogen) atoms. The number of nitrogens with zero attached hydrogens (tertiary/aromatic N) is 2. The lowest BCUT2D eigenvalue weighted by atomic mass is 9.74. The number of carbonyl (C=O) groups excluding carboxylic acids is 1. The topological polar surface area (TPSA) is 66.5 Å². The van der Waals surface area contributed by atoms with Gasteiger partial charge in [0.1, 0.15) is 5.75 Å². The van der Waals surface area contributed by atoms with E-state index in [1.165, 1.54) is 18.7 Å². The highest BCUT2D eigenvalue weighted by atomic mass is 35.5. The average molecular weight is 449 g/mol. The number of carbonyl (C=O) groups is 1. The molecule has 2 saturated heterocycles. The first-order valence-corrected chi connectivity index (χ1v) is 11.5. The minimum atomic E-state index is -0.299. The molecule has 2 aromatic carbocycles. The smallest absolute Gasteiger partial charge is 0.232 e. The van der Waals surface area contributed by atoms with Crippen LogP contribution in [0.2, 0.25) is 5.02 Å². The third-order valence-corrected chi connectivity index (χ3v) is 7.17. The van der Waals surface area contributed by atoms with Crippen LogP contribution in [0.3, 0.4) is 0 Å². The maximum Gasteiger partial charge on any atom is 0.232 e. The van der Waals surface area contributed by atoms with Gasteiger partial charge in [0, 0.05) is 65.7 Å². The zero-order valence-corrected chi connectivity index (χ0v) is 18.5. The fourth-order valence-corrected chi connectivity index (χ4v) is 5.44. The standard InChI is InChI=1S/C25H25ClN4O2/c26-18-2-4-23-21(8-18)20(5-6-32-23)24(31)29-22-10-27-9-17-7-16(1-3-19(17)22)11-30-14-25(15-30)12-28-13-25/h1-4,7-10,20,28H,5-6,11-15H2,(H,29,31). The van der Waals surface area contributed by atoms with Crippen LogP contribution in [0.1, 0.15) is 23.5 Å². The van der Waals surface area contributed by atoms with Gasteiger partial charge >= 0.3 is 0 Å². The molecule has 3 aromatic rings. The summed E-state index contributed by atoms with van der Waals surface area (Å²) in [6.07, 6.45) is 4.21. The van der Waals surface area contributed by atoms with Crippen molar-refractivity contribution < 1.29 is 9.53 Å². The Morgan fingerprint density at radius 3 is 2.91 bits per heavy atom. The van der Waals surface area contributed by atoms with Gasteiger partial charge in [-0.25, -0.2) is 0 Å². The molecule has 164 valence electrons. The van der Waals surface area contributed by atoms with Crippen LogP contribution in [-0.2, 0) is 11.3 Å². The van der Waals surface area contributed by atoms with Gasteiger partial charge in [-0.1, -0.05) is 23.7 Å². The van der Waals surface area contributed by atoms with Crippen LogP contribution in [0.4, 0.5) is 5.69 Å². The van der Waals surface area contributed by atoms with Crippen LogP contribution in [0.25, 0.3) is 10.8 Å². The van der Waals surface area contributed by atoms with Crippen LogP contribution in [0.5, 0.6) is 5.75 Å². The number of nitrogens with one attached hydrogen (secondary N) is 2. The molecule has 0 aliphatic carbocycles. The molecule has 1 spiro atoms. The number of aromatic nitrogens is 1. The number of hydrogen-bond donors (Lipinski definition) is 2. The van der Waals surface area contributed by atoms with Crippen LogP contribution in [-0.4, -0.2) is 48.6 Å². The van der Waals surface area contributed by atoms with Gasteiger partial charge < -0.3 is 15.4 Å². The number of fused-ring (bicyclic) bond motifs is 2. The van der Waals surface area contributed by atoms with Crippen LogP contribution in [0, 0.1) is 5.41 Å². The molecule has 1 amide bonds. The summed E-state index contributed by atoms with van der Waals surface area (Å²) >= 11 is 6.17. The van der Waals surface area contributed by atoms with E-state index in [4.69, 9.17) is 16.3 Å². The van der Waals surface area contributed by atoms with Crippen molar-refractivity contribution in [1.82, 2.24) is 15.2 Å². The maximum atomic E-state index is 13.2. The molecule has 1 aromatic heterocycles. The fraction of sp³-hybridized carbons (Fsp3) is 0.360. The lowest BCUT2D eigenvalue weighted by Gasteiger charge is -2.56. The molecule has 7 heteroatoms. The van der Waals surface area contributed by atoms with Gasteiger partial charge in [0.15, 0.2) is 0 Å². The summed E-state index contributed by atoms with van der Waals surface area (Å²) in [4.78, 5) is 20.1. The summed E-state index contributed by atoms with van der Waals surface area (Å²) < 4.78 is 5.70. The Morgan fingerprint density at radius 1 is 1.22 bits per heavy atom. The Balaban J connectivity index is 1.20. The van der Waals surface area contributed by atoms with E-state index in [1.54, 1.807) is 12.3 Å². The van der Waals surface area contributed by atoms with Crippen LogP contribution < -0.4 is 15.4 Å². The second-order valence-electron chi connectivity index (χ2n) is 9.35. The highest BCUT2D eigenvalue weighted by Crippen LogP contribution is 2.37.